The average Bonchev–Trinajstić information content (AvgIpc) is 3.22. The van der Waals surface area contributed by atoms with Crippen molar-refractivity contribution in [3.05, 3.63) is 30.1 Å². The number of pyridine rings is 1. The molecule has 1 N–H and O–H groups in total. The molecule has 0 aromatic carbocycles. The Morgan fingerprint density at radius 3 is 2.77 bits per heavy atom. The summed E-state index contributed by atoms with van der Waals surface area (Å²) in [5.41, 5.74) is 0.549. The highest BCUT2D eigenvalue weighted by Crippen LogP contribution is 2.39. The SMILES string of the molecule is O=C(NCC1CCOC2(CCN(C3CCCC3)CC2)C1)c1ccccn1. The van der Waals surface area contributed by atoms with E-state index in [0.29, 0.717) is 11.6 Å². The molecule has 2 aliphatic heterocycles. The quantitative estimate of drug-likeness (QED) is 0.900. The zero-order chi connectivity index (χ0) is 17.8. The number of hydrogen-bond donors (Lipinski definition) is 1. The van der Waals surface area contributed by atoms with Crippen molar-refractivity contribution in [3.8, 4) is 0 Å². The molecule has 3 fully saturated rings. The lowest BCUT2D eigenvalue weighted by atomic mass is 9.79. The van der Waals surface area contributed by atoms with Gasteiger partial charge in [0, 0.05) is 38.5 Å². The van der Waals surface area contributed by atoms with E-state index in [2.05, 4.69) is 15.2 Å². The van der Waals surface area contributed by atoms with Crippen molar-refractivity contribution in [1.29, 1.82) is 0 Å². The van der Waals surface area contributed by atoms with Crippen LogP contribution in [0.2, 0.25) is 0 Å². The van der Waals surface area contributed by atoms with E-state index in [1.54, 1.807) is 12.3 Å². The van der Waals surface area contributed by atoms with Crippen LogP contribution in [0.5, 0.6) is 0 Å². The molecule has 5 heteroatoms. The fraction of sp³-hybridized carbons (Fsp3) is 0.714. The third-order valence-corrected chi connectivity index (χ3v) is 6.59. The molecule has 1 spiro atoms. The summed E-state index contributed by atoms with van der Waals surface area (Å²) in [5, 5.41) is 3.08. The van der Waals surface area contributed by atoms with E-state index >= 15 is 0 Å². The molecule has 1 aromatic rings. The minimum atomic E-state index is -0.0674. The van der Waals surface area contributed by atoms with E-state index in [1.807, 2.05) is 12.1 Å². The van der Waals surface area contributed by atoms with E-state index in [9.17, 15) is 4.79 Å². The van der Waals surface area contributed by atoms with Crippen LogP contribution in [0.15, 0.2) is 24.4 Å². The molecule has 142 valence electrons. The second-order valence-corrected chi connectivity index (χ2v) is 8.29. The Labute approximate surface area is 156 Å². The fourth-order valence-corrected chi connectivity index (χ4v) is 5.04. The van der Waals surface area contributed by atoms with Crippen LogP contribution in [0.3, 0.4) is 0 Å². The van der Waals surface area contributed by atoms with Gasteiger partial charge in [-0.05, 0) is 56.6 Å². The molecule has 4 rings (SSSR count). The van der Waals surface area contributed by atoms with Gasteiger partial charge < -0.3 is 15.0 Å². The summed E-state index contributed by atoms with van der Waals surface area (Å²) in [4.78, 5) is 19.1. The van der Waals surface area contributed by atoms with Gasteiger partial charge in [-0.15, -0.1) is 0 Å². The number of nitrogens with one attached hydrogen (secondary N) is 1. The van der Waals surface area contributed by atoms with Gasteiger partial charge in [0.15, 0.2) is 0 Å². The maximum Gasteiger partial charge on any atom is 0.269 e. The molecular formula is C21H31N3O2. The largest absolute Gasteiger partial charge is 0.375 e. The molecule has 1 aromatic heterocycles. The summed E-state index contributed by atoms with van der Waals surface area (Å²) in [7, 11) is 0. The number of piperidine rings is 1. The van der Waals surface area contributed by atoms with Crippen LogP contribution in [0.25, 0.3) is 0 Å². The number of nitrogens with zero attached hydrogens (tertiary/aromatic N) is 2. The van der Waals surface area contributed by atoms with Crippen LogP contribution < -0.4 is 5.32 Å². The number of rotatable bonds is 4. The van der Waals surface area contributed by atoms with Crippen LogP contribution >= 0.6 is 0 Å². The first-order chi connectivity index (χ1) is 12.7. The van der Waals surface area contributed by atoms with E-state index < -0.39 is 0 Å². The molecule has 2 saturated heterocycles. The van der Waals surface area contributed by atoms with Gasteiger partial charge in [-0.1, -0.05) is 18.9 Å². The Morgan fingerprint density at radius 2 is 2.04 bits per heavy atom. The summed E-state index contributed by atoms with van der Waals surface area (Å²) >= 11 is 0. The topological polar surface area (TPSA) is 54.5 Å². The van der Waals surface area contributed by atoms with Crippen molar-refractivity contribution in [2.45, 2.75) is 63.0 Å². The number of hydrogen-bond acceptors (Lipinski definition) is 4. The number of ether oxygens (including phenoxy) is 1. The summed E-state index contributed by atoms with van der Waals surface area (Å²) in [6.07, 6.45) is 11.7. The molecule has 1 saturated carbocycles. The molecule has 3 heterocycles. The molecule has 1 unspecified atom stereocenters. The molecule has 1 aliphatic carbocycles. The standard InChI is InChI=1S/C21H31N3O2/c25-20(19-7-3-4-11-22-19)23-16-17-8-14-26-21(15-17)9-12-24(13-10-21)18-5-1-2-6-18/h3-4,7,11,17-18H,1-2,5-6,8-10,12-16H2,(H,23,25). The zero-order valence-corrected chi connectivity index (χ0v) is 15.7. The summed E-state index contributed by atoms with van der Waals surface area (Å²) in [6.45, 7) is 3.91. The molecular weight excluding hydrogens is 326 g/mol. The lowest BCUT2D eigenvalue weighted by Crippen LogP contribution is -2.52. The van der Waals surface area contributed by atoms with Gasteiger partial charge in [-0.2, -0.15) is 0 Å². The van der Waals surface area contributed by atoms with Crippen molar-refractivity contribution in [2.75, 3.05) is 26.2 Å². The monoisotopic (exact) mass is 357 g/mol. The number of carbonyl (C=O) groups is 1. The highest BCUT2D eigenvalue weighted by molar-refractivity contribution is 5.92. The van der Waals surface area contributed by atoms with Crippen LogP contribution in [0, 0.1) is 5.92 Å². The lowest BCUT2D eigenvalue weighted by molar-refractivity contribution is -0.129. The highest BCUT2D eigenvalue weighted by atomic mass is 16.5. The van der Waals surface area contributed by atoms with Crippen LogP contribution in [0.1, 0.15) is 61.9 Å². The second kappa shape index (κ2) is 8.05. The van der Waals surface area contributed by atoms with Crippen LogP contribution in [-0.4, -0.2) is 53.7 Å². The van der Waals surface area contributed by atoms with Gasteiger partial charge in [-0.25, -0.2) is 0 Å². The van der Waals surface area contributed by atoms with Gasteiger partial charge in [-0.3, -0.25) is 9.78 Å². The van der Waals surface area contributed by atoms with Gasteiger partial charge in [0.05, 0.1) is 5.60 Å². The third kappa shape index (κ3) is 4.09. The molecule has 0 bridgehead atoms. The lowest BCUT2D eigenvalue weighted by Gasteiger charge is -2.47. The molecule has 0 radical (unpaired) electrons. The Bertz CT molecular complexity index is 593. The van der Waals surface area contributed by atoms with E-state index in [-0.39, 0.29) is 11.5 Å². The summed E-state index contributed by atoms with van der Waals surface area (Å²) in [6, 6.07) is 6.27. The number of carbonyl (C=O) groups excluding carboxylic acids is 1. The first-order valence-electron chi connectivity index (χ1n) is 10.3. The number of aromatic nitrogens is 1. The Kier molecular flexibility index (Phi) is 5.55. The summed E-state index contributed by atoms with van der Waals surface area (Å²) < 4.78 is 6.29. The van der Waals surface area contributed by atoms with Crippen molar-refractivity contribution in [3.63, 3.8) is 0 Å². The predicted molar refractivity (Wildman–Crippen MR) is 101 cm³/mol. The van der Waals surface area contributed by atoms with Crippen molar-refractivity contribution in [1.82, 2.24) is 15.2 Å². The maximum atomic E-state index is 12.2. The number of amides is 1. The first kappa shape index (κ1) is 17.9. The average molecular weight is 357 g/mol. The van der Waals surface area contributed by atoms with E-state index in [4.69, 9.17) is 4.74 Å². The Hall–Kier alpha value is -1.46. The van der Waals surface area contributed by atoms with Crippen molar-refractivity contribution in [2.24, 2.45) is 5.92 Å². The Balaban J connectivity index is 1.27. The van der Waals surface area contributed by atoms with Crippen LogP contribution in [0.4, 0.5) is 0 Å². The van der Waals surface area contributed by atoms with Crippen LogP contribution in [-0.2, 0) is 4.74 Å². The third-order valence-electron chi connectivity index (χ3n) is 6.59. The zero-order valence-electron chi connectivity index (χ0n) is 15.7. The maximum absolute atomic E-state index is 12.2. The first-order valence-corrected chi connectivity index (χ1v) is 10.3. The summed E-state index contributed by atoms with van der Waals surface area (Å²) in [5.74, 6) is 0.441. The normalized spacial score (nSPS) is 26.8. The molecule has 1 amide bonds. The number of likely N-dealkylation sites (tertiary alicyclic amines) is 1. The van der Waals surface area contributed by atoms with Crippen molar-refractivity contribution < 1.29 is 9.53 Å². The van der Waals surface area contributed by atoms with Gasteiger partial charge in [0.25, 0.3) is 5.91 Å². The molecule has 26 heavy (non-hydrogen) atoms. The van der Waals surface area contributed by atoms with E-state index in [0.717, 1.165) is 44.9 Å². The fourth-order valence-electron chi connectivity index (χ4n) is 5.04. The molecule has 3 aliphatic rings. The highest BCUT2D eigenvalue weighted by Gasteiger charge is 2.41. The van der Waals surface area contributed by atoms with Gasteiger partial charge in [0.2, 0.25) is 0 Å². The predicted octanol–water partition coefficient (Wildman–Crippen LogP) is 3.02. The minimum absolute atomic E-state index is 0.0494. The van der Waals surface area contributed by atoms with Gasteiger partial charge in [0.1, 0.15) is 5.69 Å². The van der Waals surface area contributed by atoms with E-state index in [1.165, 1.54) is 38.8 Å². The molecule has 5 nitrogen and oxygen atoms in total. The van der Waals surface area contributed by atoms with Gasteiger partial charge >= 0.3 is 0 Å². The van der Waals surface area contributed by atoms with Crippen molar-refractivity contribution >= 4 is 5.91 Å². The smallest absolute Gasteiger partial charge is 0.269 e. The minimum Gasteiger partial charge on any atom is -0.375 e. The Morgan fingerprint density at radius 1 is 1.23 bits per heavy atom. The second-order valence-electron chi connectivity index (χ2n) is 8.29. The molecule has 1 atom stereocenters.